The van der Waals surface area contributed by atoms with Gasteiger partial charge in [0.2, 0.25) is 5.91 Å². The summed E-state index contributed by atoms with van der Waals surface area (Å²) in [7, 11) is -4.41. The highest BCUT2D eigenvalue weighted by Crippen LogP contribution is 2.42. The monoisotopic (exact) mass is 730 g/mol. The number of carbonyl (C=O) groups excluding carboxylic acids is 2. The van der Waals surface area contributed by atoms with E-state index in [0.29, 0.717) is 6.42 Å². The fourth-order valence-electron chi connectivity index (χ4n) is 5.53. The molecule has 0 aromatic heterocycles. The van der Waals surface area contributed by atoms with Crippen LogP contribution < -0.4 is 5.32 Å². The van der Waals surface area contributed by atoms with Gasteiger partial charge in [-0.05, 0) is 44.9 Å². The van der Waals surface area contributed by atoms with Crippen molar-refractivity contribution in [2.24, 2.45) is 0 Å². The van der Waals surface area contributed by atoms with Crippen LogP contribution in [0.4, 0.5) is 0 Å². The number of unbranched alkanes of at least 4 members (excludes halogenated alkanes) is 21. The molecule has 9 nitrogen and oxygen atoms in total. The van der Waals surface area contributed by atoms with Gasteiger partial charge in [0, 0.05) is 19.4 Å². The first-order valence-electron chi connectivity index (χ1n) is 20.3. The van der Waals surface area contributed by atoms with E-state index in [0.717, 1.165) is 44.9 Å². The molecule has 0 saturated carbocycles. The largest absolute Gasteiger partial charge is 0.472 e. The molecule has 0 fully saturated rings. The Labute approximate surface area is 306 Å². The average Bonchev–Trinajstić information content (AvgIpc) is 3.10. The second-order valence-corrected chi connectivity index (χ2v) is 15.1. The Kier molecular flexibility index (Phi) is 36.1. The van der Waals surface area contributed by atoms with Crippen LogP contribution in [0, 0.1) is 0 Å². The topological polar surface area (TPSA) is 131 Å². The van der Waals surface area contributed by atoms with Crippen LogP contribution in [-0.2, 0) is 27.9 Å². The van der Waals surface area contributed by atoms with E-state index in [1.54, 1.807) is 0 Å². The smallest absolute Gasteiger partial charge is 0.463 e. The van der Waals surface area contributed by atoms with Crippen LogP contribution in [0.15, 0.2) is 24.3 Å². The van der Waals surface area contributed by atoms with E-state index < -0.39 is 26.5 Å². The maximum atomic E-state index is 12.0. The first-order chi connectivity index (χ1) is 24.3. The highest BCUT2D eigenvalue weighted by molar-refractivity contribution is 7.47. The number of nitrogens with one attached hydrogen (secondary N) is 1. The Morgan fingerprint density at radius 3 is 1.64 bits per heavy atom. The number of phosphoric acid groups is 1. The molecule has 2 unspecified atom stereocenters. The minimum absolute atomic E-state index is 0.0839. The molecule has 0 aliphatic rings. The number of rotatable bonds is 38. The summed E-state index contributed by atoms with van der Waals surface area (Å²) in [6, 6.07) is 0. The Hall–Kier alpha value is -1.51. The number of amides is 1. The van der Waals surface area contributed by atoms with Gasteiger partial charge in [0.15, 0.2) is 0 Å². The zero-order chi connectivity index (χ0) is 36.8. The molecule has 0 aliphatic carbocycles. The van der Waals surface area contributed by atoms with Crippen LogP contribution in [-0.4, -0.2) is 54.3 Å². The van der Waals surface area contributed by atoms with Gasteiger partial charge >= 0.3 is 13.8 Å². The summed E-state index contributed by atoms with van der Waals surface area (Å²) in [4.78, 5) is 33.8. The van der Waals surface area contributed by atoms with Crippen molar-refractivity contribution in [3.8, 4) is 0 Å². The van der Waals surface area contributed by atoms with E-state index in [-0.39, 0.29) is 32.1 Å². The van der Waals surface area contributed by atoms with Crippen LogP contribution in [0.25, 0.3) is 0 Å². The van der Waals surface area contributed by atoms with Gasteiger partial charge in [0.25, 0.3) is 0 Å². The third-order valence-electron chi connectivity index (χ3n) is 8.63. The fourth-order valence-corrected chi connectivity index (χ4v) is 6.28. The van der Waals surface area contributed by atoms with Crippen LogP contribution in [0.2, 0.25) is 0 Å². The number of ether oxygens (including phenoxy) is 1. The van der Waals surface area contributed by atoms with Crippen molar-refractivity contribution in [3.63, 3.8) is 0 Å². The van der Waals surface area contributed by atoms with E-state index >= 15 is 0 Å². The SMILES string of the molecule is CCCCC/C=C\C/C=C\CCCCCCCCCCCC(=O)OCC(O)COP(=O)(O)OCCNC(=O)CCCCCCCCCCCC. The molecule has 0 heterocycles. The number of hydrogen-bond acceptors (Lipinski definition) is 7. The van der Waals surface area contributed by atoms with Crippen LogP contribution in [0.1, 0.15) is 187 Å². The molecule has 0 saturated heterocycles. The summed E-state index contributed by atoms with van der Waals surface area (Å²) in [5.41, 5.74) is 0. The Morgan fingerprint density at radius 1 is 0.620 bits per heavy atom. The number of allylic oxidation sites excluding steroid dienone is 4. The third kappa shape index (κ3) is 37.7. The van der Waals surface area contributed by atoms with Crippen molar-refractivity contribution in [1.29, 1.82) is 0 Å². The molecule has 50 heavy (non-hydrogen) atoms. The molecule has 2 atom stereocenters. The van der Waals surface area contributed by atoms with Crippen molar-refractivity contribution in [2.45, 2.75) is 193 Å². The molecule has 3 N–H and O–H groups in total. The maximum absolute atomic E-state index is 12.0. The van der Waals surface area contributed by atoms with Crippen LogP contribution in [0.3, 0.4) is 0 Å². The zero-order valence-electron chi connectivity index (χ0n) is 32.1. The maximum Gasteiger partial charge on any atom is 0.472 e. The van der Waals surface area contributed by atoms with E-state index in [1.165, 1.54) is 116 Å². The number of phosphoric ester groups is 1. The van der Waals surface area contributed by atoms with Crippen molar-refractivity contribution >= 4 is 19.7 Å². The minimum atomic E-state index is -4.41. The quantitative estimate of drug-likeness (QED) is 0.0248. The van der Waals surface area contributed by atoms with Crippen molar-refractivity contribution in [1.82, 2.24) is 5.32 Å². The predicted octanol–water partition coefficient (Wildman–Crippen LogP) is 10.8. The molecule has 0 aromatic carbocycles. The molecule has 0 aromatic rings. The number of esters is 1. The summed E-state index contributed by atoms with van der Waals surface area (Å²) in [5.74, 6) is -0.519. The van der Waals surface area contributed by atoms with E-state index in [1.807, 2.05) is 0 Å². The molecule has 0 rings (SSSR count). The molecular formula is C40H76NO8P. The highest BCUT2D eigenvalue weighted by Gasteiger charge is 2.23. The summed E-state index contributed by atoms with van der Waals surface area (Å²) >= 11 is 0. The van der Waals surface area contributed by atoms with Crippen LogP contribution in [0.5, 0.6) is 0 Å². The number of hydrogen-bond donors (Lipinski definition) is 3. The molecular weight excluding hydrogens is 653 g/mol. The van der Waals surface area contributed by atoms with Gasteiger partial charge in [-0.2, -0.15) is 0 Å². The zero-order valence-corrected chi connectivity index (χ0v) is 33.0. The van der Waals surface area contributed by atoms with Gasteiger partial charge in [-0.15, -0.1) is 0 Å². The molecule has 294 valence electrons. The Balaban J connectivity index is 3.60. The molecule has 0 aliphatic heterocycles. The molecule has 0 radical (unpaired) electrons. The first kappa shape index (κ1) is 48.5. The fraction of sp³-hybridized carbons (Fsp3) is 0.850. The van der Waals surface area contributed by atoms with Crippen LogP contribution >= 0.6 is 7.82 Å². The number of carbonyl (C=O) groups is 2. The molecule has 10 heteroatoms. The third-order valence-corrected chi connectivity index (χ3v) is 9.62. The lowest BCUT2D eigenvalue weighted by atomic mass is 10.1. The summed E-state index contributed by atoms with van der Waals surface area (Å²) < 4.78 is 26.8. The number of aliphatic hydroxyl groups excluding tert-OH is 1. The molecule has 1 amide bonds. The highest BCUT2D eigenvalue weighted by atomic mass is 31.2. The van der Waals surface area contributed by atoms with E-state index in [9.17, 15) is 24.2 Å². The lowest BCUT2D eigenvalue weighted by Gasteiger charge is -2.15. The van der Waals surface area contributed by atoms with Crippen molar-refractivity contribution < 1.29 is 37.9 Å². The summed E-state index contributed by atoms with van der Waals surface area (Å²) in [6.45, 7) is 3.51. The van der Waals surface area contributed by atoms with Gasteiger partial charge in [-0.3, -0.25) is 18.6 Å². The van der Waals surface area contributed by atoms with Crippen molar-refractivity contribution in [2.75, 3.05) is 26.4 Å². The minimum Gasteiger partial charge on any atom is -0.463 e. The lowest BCUT2D eigenvalue weighted by molar-refractivity contribution is -0.147. The first-order valence-corrected chi connectivity index (χ1v) is 21.8. The molecule has 0 spiro atoms. The van der Waals surface area contributed by atoms with Crippen molar-refractivity contribution in [3.05, 3.63) is 24.3 Å². The number of aliphatic hydroxyl groups is 1. The van der Waals surface area contributed by atoms with Gasteiger partial charge in [0.1, 0.15) is 12.7 Å². The molecule has 0 bridgehead atoms. The average molecular weight is 730 g/mol. The summed E-state index contributed by atoms with van der Waals surface area (Å²) in [5, 5.41) is 12.7. The normalized spacial score (nSPS) is 13.6. The second-order valence-electron chi connectivity index (χ2n) is 13.6. The Morgan fingerprint density at radius 2 is 1.08 bits per heavy atom. The van der Waals surface area contributed by atoms with E-state index in [4.69, 9.17) is 13.8 Å². The van der Waals surface area contributed by atoms with Gasteiger partial charge in [-0.25, -0.2) is 4.57 Å². The predicted molar refractivity (Wildman–Crippen MR) is 206 cm³/mol. The van der Waals surface area contributed by atoms with Gasteiger partial charge < -0.3 is 20.1 Å². The van der Waals surface area contributed by atoms with E-state index in [2.05, 4.69) is 43.5 Å². The lowest BCUT2D eigenvalue weighted by Crippen LogP contribution is -2.27. The summed E-state index contributed by atoms with van der Waals surface area (Å²) in [6.07, 6.45) is 38.2. The van der Waals surface area contributed by atoms with Gasteiger partial charge in [-0.1, -0.05) is 154 Å². The Bertz CT molecular complexity index is 881. The standard InChI is InChI=1S/C40H76NO8P/c1-3-5-7-9-11-13-15-16-17-18-19-20-21-22-23-25-27-29-31-33-40(44)47-36-38(42)37-49-50(45,46)48-35-34-41-39(43)32-30-28-26-24-14-12-10-8-6-4-2/h11,13,16-17,38,42H,3-10,12,14-15,18-37H2,1-2H3,(H,41,43)(H,45,46)/b13-11-,17-16-. The van der Waals surface area contributed by atoms with Gasteiger partial charge in [0.05, 0.1) is 13.2 Å². The second kappa shape index (κ2) is 37.3.